The zero-order valence-corrected chi connectivity index (χ0v) is 16.4. The van der Waals surface area contributed by atoms with Crippen LogP contribution in [-0.2, 0) is 0 Å². The van der Waals surface area contributed by atoms with Gasteiger partial charge in [-0.2, -0.15) is 10.2 Å². The van der Waals surface area contributed by atoms with E-state index in [2.05, 4.69) is 10.5 Å². The van der Waals surface area contributed by atoms with Gasteiger partial charge >= 0.3 is 0 Å². The number of rotatable bonds is 5. The van der Waals surface area contributed by atoms with Gasteiger partial charge in [-0.3, -0.25) is 4.79 Å². The van der Waals surface area contributed by atoms with E-state index in [1.54, 1.807) is 29.1 Å². The minimum atomic E-state index is -0.341. The molecule has 0 saturated carbocycles. The molecule has 0 radical (unpaired) electrons. The molecule has 1 aliphatic rings. The van der Waals surface area contributed by atoms with Crippen molar-refractivity contribution in [1.82, 2.24) is 15.2 Å². The molecule has 1 N–H and O–H groups in total. The Hall–Kier alpha value is -4.39. The summed E-state index contributed by atoms with van der Waals surface area (Å²) in [5, 5.41) is 8.88. The molecule has 1 amide bonds. The molecule has 0 saturated heterocycles. The number of hydrogen-bond acceptors (Lipinski definition) is 5. The molecule has 31 heavy (non-hydrogen) atoms. The molecular formula is C24H18N4O3. The van der Waals surface area contributed by atoms with Crippen LogP contribution >= 0.6 is 0 Å². The van der Waals surface area contributed by atoms with Crippen LogP contribution in [-0.4, -0.2) is 28.7 Å². The van der Waals surface area contributed by atoms with Crippen molar-refractivity contribution in [2.45, 2.75) is 0 Å². The number of nitrogens with one attached hydrogen (secondary N) is 1. The first kappa shape index (κ1) is 18.6. The van der Waals surface area contributed by atoms with Crippen LogP contribution in [0, 0.1) is 0 Å². The van der Waals surface area contributed by atoms with E-state index in [0.717, 1.165) is 22.5 Å². The molecule has 1 aromatic heterocycles. The lowest BCUT2D eigenvalue weighted by Gasteiger charge is -2.02. The molecular weight excluding hydrogens is 392 g/mol. The topological polar surface area (TPSA) is 77.7 Å². The first-order chi connectivity index (χ1) is 15.3. The molecule has 4 aromatic rings. The Balaban J connectivity index is 1.40. The van der Waals surface area contributed by atoms with E-state index in [1.165, 1.54) is 0 Å². The quantitative estimate of drug-likeness (QED) is 0.398. The summed E-state index contributed by atoms with van der Waals surface area (Å²) in [6.45, 7) is 0.159. The summed E-state index contributed by atoms with van der Waals surface area (Å²) in [5.41, 5.74) is 6.44. The summed E-state index contributed by atoms with van der Waals surface area (Å²) in [6, 6.07) is 24.7. The Morgan fingerprint density at radius 1 is 0.968 bits per heavy atom. The number of carbonyl (C=O) groups is 1. The molecule has 0 unspecified atom stereocenters. The van der Waals surface area contributed by atoms with Crippen LogP contribution in [0.2, 0.25) is 0 Å². The minimum absolute atomic E-state index is 0.159. The maximum atomic E-state index is 12.5. The van der Waals surface area contributed by atoms with Crippen LogP contribution in [0.5, 0.6) is 11.5 Å². The van der Waals surface area contributed by atoms with Gasteiger partial charge in [0.1, 0.15) is 5.69 Å². The van der Waals surface area contributed by atoms with E-state index in [-0.39, 0.29) is 12.7 Å². The molecule has 1 aliphatic heterocycles. The van der Waals surface area contributed by atoms with Crippen molar-refractivity contribution < 1.29 is 14.3 Å². The Bertz CT molecular complexity index is 1250. The lowest BCUT2D eigenvalue weighted by molar-refractivity contribution is 0.0954. The summed E-state index contributed by atoms with van der Waals surface area (Å²) in [4.78, 5) is 12.5. The fourth-order valence-corrected chi connectivity index (χ4v) is 3.28. The summed E-state index contributed by atoms with van der Waals surface area (Å²) >= 11 is 0. The highest BCUT2D eigenvalue weighted by molar-refractivity contribution is 5.96. The van der Waals surface area contributed by atoms with E-state index < -0.39 is 0 Å². The normalized spacial score (nSPS) is 12.3. The van der Waals surface area contributed by atoms with E-state index in [1.807, 2.05) is 66.9 Å². The third-order valence-corrected chi connectivity index (χ3v) is 4.81. The minimum Gasteiger partial charge on any atom is -0.454 e. The second-order valence-corrected chi connectivity index (χ2v) is 6.85. The highest BCUT2D eigenvalue weighted by Gasteiger charge is 2.16. The molecule has 5 rings (SSSR count). The Labute approximate surface area is 178 Å². The van der Waals surface area contributed by atoms with Crippen LogP contribution in [0.25, 0.3) is 16.9 Å². The fourth-order valence-electron chi connectivity index (χ4n) is 3.28. The lowest BCUT2D eigenvalue weighted by atomic mass is 10.1. The predicted octanol–water partition coefficient (Wildman–Crippen LogP) is 4.03. The number of carbonyl (C=O) groups excluding carboxylic acids is 1. The van der Waals surface area contributed by atoms with Crippen molar-refractivity contribution in [3.63, 3.8) is 0 Å². The Kier molecular flexibility index (Phi) is 4.90. The highest BCUT2D eigenvalue weighted by Crippen LogP contribution is 2.32. The second-order valence-electron chi connectivity index (χ2n) is 6.85. The second kappa shape index (κ2) is 8.16. The molecule has 3 aromatic carbocycles. The molecule has 2 heterocycles. The van der Waals surface area contributed by atoms with E-state index >= 15 is 0 Å². The van der Waals surface area contributed by atoms with Gasteiger partial charge in [-0.25, -0.2) is 10.1 Å². The summed E-state index contributed by atoms with van der Waals surface area (Å²) in [7, 11) is 0. The molecule has 0 bridgehead atoms. The average Bonchev–Trinajstić information content (AvgIpc) is 3.47. The fraction of sp³-hybridized carbons (Fsp3) is 0.0417. The SMILES string of the molecule is O=C(N/N=C/c1cn(-c2ccccc2)nc1-c1ccccc1)c1ccc2c(c1)OCO2. The first-order valence-electron chi connectivity index (χ1n) is 9.71. The molecule has 0 spiro atoms. The number of nitrogens with zero attached hydrogens (tertiary/aromatic N) is 3. The molecule has 7 heteroatoms. The monoisotopic (exact) mass is 410 g/mol. The predicted molar refractivity (Wildman–Crippen MR) is 117 cm³/mol. The van der Waals surface area contributed by atoms with Crippen LogP contribution in [0.1, 0.15) is 15.9 Å². The number of hydrazone groups is 1. The van der Waals surface area contributed by atoms with E-state index in [4.69, 9.17) is 14.6 Å². The van der Waals surface area contributed by atoms with Gasteiger partial charge in [0, 0.05) is 22.9 Å². The van der Waals surface area contributed by atoms with Gasteiger partial charge in [-0.05, 0) is 30.3 Å². The molecule has 152 valence electrons. The van der Waals surface area contributed by atoms with Crippen LogP contribution in [0.4, 0.5) is 0 Å². The van der Waals surface area contributed by atoms with E-state index in [9.17, 15) is 4.79 Å². The van der Waals surface area contributed by atoms with Crippen molar-refractivity contribution in [3.05, 3.63) is 96.2 Å². The van der Waals surface area contributed by atoms with Crippen LogP contribution < -0.4 is 14.9 Å². The van der Waals surface area contributed by atoms with Crippen molar-refractivity contribution in [2.75, 3.05) is 6.79 Å². The summed E-state index contributed by atoms with van der Waals surface area (Å²) in [5.74, 6) is 0.833. The lowest BCUT2D eigenvalue weighted by Crippen LogP contribution is -2.17. The Morgan fingerprint density at radius 3 is 2.52 bits per heavy atom. The van der Waals surface area contributed by atoms with Gasteiger partial charge in [0.2, 0.25) is 6.79 Å². The van der Waals surface area contributed by atoms with Crippen LogP contribution in [0.15, 0.2) is 90.2 Å². The number of hydrogen-bond donors (Lipinski definition) is 1. The van der Waals surface area contributed by atoms with Gasteiger partial charge < -0.3 is 9.47 Å². The Morgan fingerprint density at radius 2 is 1.71 bits per heavy atom. The first-order valence-corrected chi connectivity index (χ1v) is 9.71. The number of fused-ring (bicyclic) bond motifs is 1. The molecule has 0 atom stereocenters. The zero-order valence-electron chi connectivity index (χ0n) is 16.4. The molecule has 7 nitrogen and oxygen atoms in total. The smallest absolute Gasteiger partial charge is 0.271 e. The largest absolute Gasteiger partial charge is 0.454 e. The van der Waals surface area contributed by atoms with E-state index in [0.29, 0.717) is 17.1 Å². The van der Waals surface area contributed by atoms with Gasteiger partial charge in [0.15, 0.2) is 11.5 Å². The van der Waals surface area contributed by atoms with Crippen molar-refractivity contribution in [1.29, 1.82) is 0 Å². The molecule has 0 aliphatic carbocycles. The summed E-state index contributed by atoms with van der Waals surface area (Å²) in [6.07, 6.45) is 3.48. The number of aromatic nitrogens is 2. The molecule has 0 fully saturated rings. The highest BCUT2D eigenvalue weighted by atomic mass is 16.7. The number of benzene rings is 3. The van der Waals surface area contributed by atoms with Gasteiger partial charge in [0.05, 0.1) is 11.9 Å². The number of para-hydroxylation sites is 1. The summed E-state index contributed by atoms with van der Waals surface area (Å²) < 4.78 is 12.4. The van der Waals surface area contributed by atoms with Crippen molar-refractivity contribution in [3.8, 4) is 28.4 Å². The third-order valence-electron chi connectivity index (χ3n) is 4.81. The standard InChI is InChI=1S/C24H18N4O3/c29-24(18-11-12-21-22(13-18)31-16-30-21)26-25-14-19-15-28(20-9-5-2-6-10-20)27-23(19)17-7-3-1-4-8-17/h1-15H,16H2,(H,26,29)/b25-14+. The number of ether oxygens (including phenoxy) is 2. The van der Waals surface area contributed by atoms with Gasteiger partial charge in [-0.15, -0.1) is 0 Å². The van der Waals surface area contributed by atoms with Crippen molar-refractivity contribution in [2.24, 2.45) is 5.10 Å². The van der Waals surface area contributed by atoms with Gasteiger partial charge in [-0.1, -0.05) is 48.5 Å². The maximum absolute atomic E-state index is 12.5. The van der Waals surface area contributed by atoms with Gasteiger partial charge in [0.25, 0.3) is 5.91 Å². The maximum Gasteiger partial charge on any atom is 0.271 e. The van der Waals surface area contributed by atoms with Crippen molar-refractivity contribution >= 4 is 12.1 Å². The average molecular weight is 410 g/mol. The van der Waals surface area contributed by atoms with Crippen LogP contribution in [0.3, 0.4) is 0 Å². The zero-order chi connectivity index (χ0) is 21.0. The third kappa shape index (κ3) is 3.89. The number of amides is 1.